The Kier molecular flexibility index (Phi) is 3.41. The Morgan fingerprint density at radius 3 is 3.00 bits per heavy atom. The predicted octanol–water partition coefficient (Wildman–Crippen LogP) is 3.11. The van der Waals surface area contributed by atoms with E-state index in [-0.39, 0.29) is 5.91 Å². The van der Waals surface area contributed by atoms with Crippen molar-refractivity contribution in [3.05, 3.63) is 35.4 Å². The first-order valence-electron chi connectivity index (χ1n) is 5.48. The Morgan fingerprint density at radius 2 is 2.19 bits per heavy atom. The van der Waals surface area contributed by atoms with Gasteiger partial charge in [0.25, 0.3) is 5.91 Å². The Labute approximate surface area is 94.3 Å². The van der Waals surface area contributed by atoms with E-state index in [1.807, 2.05) is 18.2 Å². The lowest BCUT2D eigenvalue weighted by atomic mass is 10.1. The minimum Gasteiger partial charge on any atom is -0.351 e. The molecule has 4 nitrogen and oxygen atoms in total. The lowest BCUT2D eigenvalue weighted by Crippen LogP contribution is -2.12. The SMILES string of the molecule is CCCCOC1N=NC(=O)c2ccccc21. The van der Waals surface area contributed by atoms with Gasteiger partial charge < -0.3 is 4.74 Å². The molecule has 1 amide bonds. The van der Waals surface area contributed by atoms with E-state index in [1.165, 1.54) is 0 Å². The molecule has 0 saturated heterocycles. The minimum atomic E-state index is -0.416. The molecule has 16 heavy (non-hydrogen) atoms. The van der Waals surface area contributed by atoms with Crippen LogP contribution in [0.15, 0.2) is 34.5 Å². The van der Waals surface area contributed by atoms with E-state index in [2.05, 4.69) is 17.2 Å². The zero-order valence-corrected chi connectivity index (χ0v) is 9.22. The fraction of sp³-hybridized carbons (Fsp3) is 0.417. The van der Waals surface area contributed by atoms with Gasteiger partial charge in [-0.25, -0.2) is 0 Å². The predicted molar refractivity (Wildman–Crippen MR) is 59.2 cm³/mol. The molecule has 0 aromatic heterocycles. The van der Waals surface area contributed by atoms with Crippen LogP contribution < -0.4 is 0 Å². The van der Waals surface area contributed by atoms with Crippen LogP contribution in [0.5, 0.6) is 0 Å². The second-order valence-corrected chi connectivity index (χ2v) is 3.68. The number of fused-ring (bicyclic) bond motifs is 1. The minimum absolute atomic E-state index is 0.286. The molecule has 0 radical (unpaired) electrons. The molecule has 0 fully saturated rings. The first-order valence-corrected chi connectivity index (χ1v) is 5.48. The van der Waals surface area contributed by atoms with Gasteiger partial charge in [-0.3, -0.25) is 4.79 Å². The number of carbonyl (C=O) groups excluding carboxylic acids is 1. The molecule has 4 heteroatoms. The topological polar surface area (TPSA) is 51.0 Å². The van der Waals surface area contributed by atoms with Crippen molar-refractivity contribution in [1.29, 1.82) is 0 Å². The number of benzene rings is 1. The highest BCUT2D eigenvalue weighted by Gasteiger charge is 2.23. The maximum atomic E-state index is 11.4. The molecule has 84 valence electrons. The van der Waals surface area contributed by atoms with Gasteiger partial charge >= 0.3 is 0 Å². The van der Waals surface area contributed by atoms with E-state index in [1.54, 1.807) is 6.07 Å². The van der Waals surface area contributed by atoms with E-state index >= 15 is 0 Å². The Hall–Kier alpha value is -1.55. The Balaban J connectivity index is 2.16. The smallest absolute Gasteiger partial charge is 0.295 e. The van der Waals surface area contributed by atoms with Crippen molar-refractivity contribution in [1.82, 2.24) is 0 Å². The number of hydrogen-bond acceptors (Lipinski definition) is 3. The van der Waals surface area contributed by atoms with Gasteiger partial charge in [0.05, 0.1) is 5.56 Å². The van der Waals surface area contributed by atoms with Gasteiger partial charge in [-0.15, -0.1) is 10.2 Å². The highest BCUT2D eigenvalue weighted by molar-refractivity contribution is 5.96. The summed E-state index contributed by atoms with van der Waals surface area (Å²) in [6.07, 6.45) is 1.65. The molecule has 1 aromatic rings. The lowest BCUT2D eigenvalue weighted by Gasteiger charge is -2.18. The number of hydrogen-bond donors (Lipinski definition) is 0. The van der Waals surface area contributed by atoms with E-state index < -0.39 is 6.23 Å². The zero-order valence-electron chi connectivity index (χ0n) is 9.22. The highest BCUT2D eigenvalue weighted by atomic mass is 16.5. The van der Waals surface area contributed by atoms with Crippen LogP contribution in [0.1, 0.15) is 41.9 Å². The van der Waals surface area contributed by atoms with Crippen molar-refractivity contribution in [2.45, 2.75) is 26.0 Å². The second-order valence-electron chi connectivity index (χ2n) is 3.68. The van der Waals surface area contributed by atoms with Crippen LogP contribution in [0.4, 0.5) is 0 Å². The number of azo groups is 1. The normalized spacial score (nSPS) is 18.6. The Morgan fingerprint density at radius 1 is 1.38 bits per heavy atom. The molecule has 1 aliphatic rings. The average Bonchev–Trinajstić information content (AvgIpc) is 2.33. The van der Waals surface area contributed by atoms with Gasteiger partial charge in [0, 0.05) is 12.2 Å². The van der Waals surface area contributed by atoms with Crippen LogP contribution in [0.2, 0.25) is 0 Å². The largest absolute Gasteiger partial charge is 0.351 e. The van der Waals surface area contributed by atoms with Crippen LogP contribution in [-0.2, 0) is 4.74 Å². The van der Waals surface area contributed by atoms with E-state index in [0.717, 1.165) is 18.4 Å². The van der Waals surface area contributed by atoms with Gasteiger partial charge in [-0.1, -0.05) is 31.5 Å². The summed E-state index contributed by atoms with van der Waals surface area (Å²) in [6, 6.07) is 7.32. The fourth-order valence-electron chi connectivity index (χ4n) is 1.59. The quantitative estimate of drug-likeness (QED) is 0.729. The molecular weight excluding hydrogens is 204 g/mol. The first-order chi connectivity index (χ1) is 7.83. The van der Waals surface area contributed by atoms with Crippen molar-refractivity contribution in [2.75, 3.05) is 6.61 Å². The molecule has 0 bridgehead atoms. The summed E-state index contributed by atoms with van der Waals surface area (Å²) in [7, 11) is 0. The molecular formula is C12H14N2O2. The van der Waals surface area contributed by atoms with Crippen LogP contribution in [-0.4, -0.2) is 12.5 Å². The summed E-state index contributed by atoms with van der Waals surface area (Å²) in [5.74, 6) is -0.286. The molecule has 1 aromatic carbocycles. The number of unbranched alkanes of at least 4 members (excludes halogenated alkanes) is 1. The van der Waals surface area contributed by atoms with Crippen LogP contribution >= 0.6 is 0 Å². The van der Waals surface area contributed by atoms with E-state index in [9.17, 15) is 4.79 Å². The first kappa shape index (κ1) is 11.0. The number of amides is 1. The molecule has 1 atom stereocenters. The number of nitrogens with zero attached hydrogens (tertiary/aromatic N) is 2. The third-order valence-corrected chi connectivity index (χ3v) is 2.48. The van der Waals surface area contributed by atoms with Gasteiger partial charge in [0.15, 0.2) is 6.23 Å². The average molecular weight is 218 g/mol. The number of ether oxygens (including phenoxy) is 1. The third kappa shape index (κ3) is 2.17. The van der Waals surface area contributed by atoms with E-state index in [0.29, 0.717) is 12.2 Å². The molecule has 0 saturated carbocycles. The third-order valence-electron chi connectivity index (χ3n) is 2.48. The van der Waals surface area contributed by atoms with Crippen LogP contribution in [0.25, 0.3) is 0 Å². The maximum absolute atomic E-state index is 11.4. The monoisotopic (exact) mass is 218 g/mol. The summed E-state index contributed by atoms with van der Waals surface area (Å²) in [5.41, 5.74) is 1.41. The molecule has 0 N–H and O–H groups in total. The molecule has 1 heterocycles. The summed E-state index contributed by atoms with van der Waals surface area (Å²) in [5, 5.41) is 7.47. The van der Waals surface area contributed by atoms with Crippen molar-refractivity contribution in [3.63, 3.8) is 0 Å². The van der Waals surface area contributed by atoms with Gasteiger partial charge in [-0.2, -0.15) is 0 Å². The zero-order chi connectivity index (χ0) is 11.4. The molecule has 0 aliphatic carbocycles. The van der Waals surface area contributed by atoms with Crippen molar-refractivity contribution < 1.29 is 9.53 Å². The van der Waals surface area contributed by atoms with Crippen molar-refractivity contribution in [3.8, 4) is 0 Å². The maximum Gasteiger partial charge on any atom is 0.295 e. The van der Waals surface area contributed by atoms with Gasteiger partial charge in [-0.05, 0) is 12.5 Å². The van der Waals surface area contributed by atoms with Gasteiger partial charge in [0.2, 0.25) is 0 Å². The summed E-state index contributed by atoms with van der Waals surface area (Å²) in [4.78, 5) is 11.4. The summed E-state index contributed by atoms with van der Waals surface area (Å²) < 4.78 is 5.59. The second kappa shape index (κ2) is 4.99. The number of rotatable bonds is 4. The van der Waals surface area contributed by atoms with Gasteiger partial charge in [0.1, 0.15) is 0 Å². The summed E-state index contributed by atoms with van der Waals surface area (Å²) in [6.45, 7) is 2.74. The highest BCUT2D eigenvalue weighted by Crippen LogP contribution is 2.28. The van der Waals surface area contributed by atoms with Crippen LogP contribution in [0, 0.1) is 0 Å². The standard InChI is InChI=1S/C12H14N2O2/c1-2-3-8-16-12-10-7-5-4-6-9(10)11(15)13-14-12/h4-7,12H,2-3,8H2,1H3. The van der Waals surface area contributed by atoms with Crippen molar-refractivity contribution in [2.24, 2.45) is 10.2 Å². The van der Waals surface area contributed by atoms with E-state index in [4.69, 9.17) is 4.74 Å². The number of carbonyl (C=O) groups is 1. The molecule has 2 rings (SSSR count). The molecule has 0 spiro atoms. The lowest BCUT2D eigenvalue weighted by molar-refractivity contribution is 0.0464. The fourth-order valence-corrected chi connectivity index (χ4v) is 1.59. The molecule has 1 aliphatic heterocycles. The van der Waals surface area contributed by atoms with Crippen molar-refractivity contribution >= 4 is 5.91 Å². The molecule has 1 unspecified atom stereocenters. The summed E-state index contributed by atoms with van der Waals surface area (Å²) >= 11 is 0. The van der Waals surface area contributed by atoms with Crippen LogP contribution in [0.3, 0.4) is 0 Å². The Bertz CT molecular complexity index is 415.